The summed E-state index contributed by atoms with van der Waals surface area (Å²) in [6.45, 7) is 7.90. The van der Waals surface area contributed by atoms with Gasteiger partial charge in [0.1, 0.15) is 0 Å². The van der Waals surface area contributed by atoms with Crippen LogP contribution in [0.15, 0.2) is 17.0 Å². The predicted molar refractivity (Wildman–Crippen MR) is 71.0 cm³/mol. The maximum atomic E-state index is 11.5. The van der Waals surface area contributed by atoms with Crippen LogP contribution in [0.4, 0.5) is 0 Å². The Balaban J connectivity index is 3.59. The molecule has 0 aromatic heterocycles. The SMILES string of the molecule is CC(C)c1cc(C(C)C)c(S(N)(=O)=O)cc1Cl. The monoisotopic (exact) mass is 275 g/mol. The highest BCUT2D eigenvalue weighted by atomic mass is 35.5. The lowest BCUT2D eigenvalue weighted by molar-refractivity contribution is 0.595. The van der Waals surface area contributed by atoms with E-state index in [1.54, 1.807) is 0 Å². The minimum Gasteiger partial charge on any atom is -0.225 e. The summed E-state index contributed by atoms with van der Waals surface area (Å²) in [5, 5.41) is 5.66. The fourth-order valence-corrected chi connectivity index (χ4v) is 3.08. The molecule has 0 bridgehead atoms. The molecule has 0 aliphatic carbocycles. The minimum atomic E-state index is -3.73. The van der Waals surface area contributed by atoms with Crippen LogP contribution >= 0.6 is 11.6 Å². The van der Waals surface area contributed by atoms with Crippen molar-refractivity contribution in [2.45, 2.75) is 44.4 Å². The molecular formula is C12H18ClNO2S. The molecule has 1 aromatic rings. The van der Waals surface area contributed by atoms with Crippen LogP contribution in [0.1, 0.15) is 50.7 Å². The van der Waals surface area contributed by atoms with Gasteiger partial charge in [-0.2, -0.15) is 0 Å². The van der Waals surface area contributed by atoms with Crippen LogP contribution < -0.4 is 5.14 Å². The fraction of sp³-hybridized carbons (Fsp3) is 0.500. The molecule has 17 heavy (non-hydrogen) atoms. The zero-order chi connectivity index (χ0) is 13.4. The third-order valence-electron chi connectivity index (χ3n) is 2.68. The van der Waals surface area contributed by atoms with E-state index < -0.39 is 10.0 Å². The summed E-state index contributed by atoms with van der Waals surface area (Å²) in [5.41, 5.74) is 1.67. The Morgan fingerprint density at radius 1 is 1.06 bits per heavy atom. The second kappa shape index (κ2) is 4.96. The summed E-state index contributed by atoms with van der Waals surface area (Å²) in [6, 6.07) is 3.30. The van der Waals surface area contributed by atoms with Crippen molar-refractivity contribution in [2.24, 2.45) is 5.14 Å². The van der Waals surface area contributed by atoms with Gasteiger partial charge in [-0.3, -0.25) is 0 Å². The summed E-state index contributed by atoms with van der Waals surface area (Å²) in [7, 11) is -3.73. The van der Waals surface area contributed by atoms with Crippen molar-refractivity contribution in [2.75, 3.05) is 0 Å². The van der Waals surface area contributed by atoms with Crippen molar-refractivity contribution < 1.29 is 8.42 Å². The van der Waals surface area contributed by atoms with E-state index in [0.29, 0.717) is 5.02 Å². The first kappa shape index (κ1) is 14.5. The van der Waals surface area contributed by atoms with Gasteiger partial charge >= 0.3 is 0 Å². The van der Waals surface area contributed by atoms with Crippen LogP contribution in [-0.4, -0.2) is 8.42 Å². The molecule has 1 aromatic carbocycles. The summed E-state index contributed by atoms with van der Waals surface area (Å²) in [5.74, 6) is 0.327. The highest BCUT2D eigenvalue weighted by molar-refractivity contribution is 7.89. The van der Waals surface area contributed by atoms with Gasteiger partial charge in [-0.25, -0.2) is 13.6 Å². The van der Waals surface area contributed by atoms with Gasteiger partial charge in [0.15, 0.2) is 0 Å². The number of nitrogens with two attached hydrogens (primary N) is 1. The lowest BCUT2D eigenvalue weighted by Crippen LogP contribution is -2.15. The number of hydrogen-bond acceptors (Lipinski definition) is 2. The number of rotatable bonds is 3. The van der Waals surface area contributed by atoms with Gasteiger partial charge in [0, 0.05) is 5.02 Å². The Hall–Kier alpha value is -0.580. The molecule has 3 nitrogen and oxygen atoms in total. The second-order valence-electron chi connectivity index (χ2n) is 4.77. The first-order valence-corrected chi connectivity index (χ1v) is 7.43. The van der Waals surface area contributed by atoms with Crippen LogP contribution in [0.2, 0.25) is 5.02 Å². The molecule has 0 heterocycles. The van der Waals surface area contributed by atoms with Crippen molar-refractivity contribution in [1.82, 2.24) is 0 Å². The largest absolute Gasteiger partial charge is 0.238 e. The number of benzene rings is 1. The molecule has 0 atom stereocenters. The molecule has 0 unspecified atom stereocenters. The Bertz CT molecular complexity index is 522. The molecule has 0 amide bonds. The quantitative estimate of drug-likeness (QED) is 0.921. The third kappa shape index (κ3) is 3.21. The molecule has 0 aliphatic rings. The topological polar surface area (TPSA) is 60.2 Å². The predicted octanol–water partition coefficient (Wildman–Crippen LogP) is 3.23. The molecule has 0 aliphatic heterocycles. The van der Waals surface area contributed by atoms with Gasteiger partial charge in [-0.05, 0) is 29.0 Å². The smallest absolute Gasteiger partial charge is 0.225 e. The highest BCUT2D eigenvalue weighted by Crippen LogP contribution is 2.32. The molecule has 5 heteroatoms. The average molecular weight is 276 g/mol. The van der Waals surface area contributed by atoms with Crippen LogP contribution in [0.3, 0.4) is 0 Å². The second-order valence-corrected chi connectivity index (χ2v) is 6.70. The van der Waals surface area contributed by atoms with Crippen LogP contribution in [-0.2, 0) is 10.0 Å². The van der Waals surface area contributed by atoms with E-state index in [1.165, 1.54) is 6.07 Å². The normalized spacial score (nSPS) is 12.5. The van der Waals surface area contributed by atoms with Crippen molar-refractivity contribution in [1.29, 1.82) is 0 Å². The van der Waals surface area contributed by atoms with Crippen LogP contribution in [0.25, 0.3) is 0 Å². The lowest BCUT2D eigenvalue weighted by atomic mass is 9.95. The third-order valence-corrected chi connectivity index (χ3v) is 3.97. The van der Waals surface area contributed by atoms with Gasteiger partial charge in [0.25, 0.3) is 0 Å². The Labute approximate surface area is 108 Å². The standard InChI is InChI=1S/C12H18ClNO2S/c1-7(2)9-5-10(8(3)4)12(6-11(9)13)17(14,15)16/h5-8H,1-4H3,(H2,14,15,16). The maximum Gasteiger partial charge on any atom is 0.238 e. The Kier molecular flexibility index (Phi) is 4.23. The van der Waals surface area contributed by atoms with Gasteiger partial charge in [-0.15, -0.1) is 0 Å². The number of sulfonamides is 1. The summed E-state index contributed by atoms with van der Waals surface area (Å²) in [4.78, 5) is 0.127. The molecule has 96 valence electrons. The van der Waals surface area contributed by atoms with E-state index in [2.05, 4.69) is 0 Å². The minimum absolute atomic E-state index is 0.0816. The molecular weight excluding hydrogens is 258 g/mol. The number of hydrogen-bond donors (Lipinski definition) is 1. The van der Waals surface area contributed by atoms with Crippen molar-refractivity contribution in [3.63, 3.8) is 0 Å². The average Bonchev–Trinajstić information content (AvgIpc) is 2.14. The molecule has 0 spiro atoms. The molecule has 0 fully saturated rings. The van der Waals surface area contributed by atoms with E-state index >= 15 is 0 Å². The van der Waals surface area contributed by atoms with Gasteiger partial charge in [-0.1, -0.05) is 45.4 Å². The lowest BCUT2D eigenvalue weighted by Gasteiger charge is -2.16. The van der Waals surface area contributed by atoms with Gasteiger partial charge < -0.3 is 0 Å². The molecule has 1 rings (SSSR count). The van der Waals surface area contributed by atoms with E-state index in [-0.39, 0.29) is 16.7 Å². The summed E-state index contributed by atoms with van der Waals surface area (Å²) < 4.78 is 23.0. The Morgan fingerprint density at radius 3 is 1.88 bits per heavy atom. The zero-order valence-electron chi connectivity index (χ0n) is 10.5. The van der Waals surface area contributed by atoms with Gasteiger partial charge in [0.05, 0.1) is 4.90 Å². The molecule has 0 saturated carbocycles. The van der Waals surface area contributed by atoms with Crippen molar-refractivity contribution in [3.05, 3.63) is 28.3 Å². The van der Waals surface area contributed by atoms with Gasteiger partial charge in [0.2, 0.25) is 10.0 Å². The fourth-order valence-electron chi connectivity index (χ4n) is 1.73. The molecule has 2 N–H and O–H groups in total. The zero-order valence-corrected chi connectivity index (χ0v) is 12.1. The van der Waals surface area contributed by atoms with E-state index in [0.717, 1.165) is 11.1 Å². The van der Waals surface area contributed by atoms with E-state index in [9.17, 15) is 8.42 Å². The van der Waals surface area contributed by atoms with Crippen molar-refractivity contribution in [3.8, 4) is 0 Å². The first-order valence-electron chi connectivity index (χ1n) is 5.50. The molecule has 0 saturated heterocycles. The number of halogens is 1. The Morgan fingerprint density at radius 2 is 1.53 bits per heavy atom. The summed E-state index contributed by atoms with van der Waals surface area (Å²) >= 11 is 6.09. The molecule has 0 radical (unpaired) electrons. The number of primary sulfonamides is 1. The summed E-state index contributed by atoms with van der Waals surface area (Å²) in [6.07, 6.45) is 0. The highest BCUT2D eigenvalue weighted by Gasteiger charge is 2.19. The van der Waals surface area contributed by atoms with Crippen LogP contribution in [0.5, 0.6) is 0 Å². The van der Waals surface area contributed by atoms with E-state index in [4.69, 9.17) is 16.7 Å². The van der Waals surface area contributed by atoms with Crippen LogP contribution in [0, 0.1) is 0 Å². The van der Waals surface area contributed by atoms with Crippen molar-refractivity contribution >= 4 is 21.6 Å². The maximum absolute atomic E-state index is 11.5. The van der Waals surface area contributed by atoms with E-state index in [1.807, 2.05) is 33.8 Å². The first-order chi connectivity index (χ1) is 7.64.